The number of nitrogen functional groups attached to an aromatic ring is 1. The normalized spacial score (nSPS) is 13.3. The molecule has 0 aliphatic carbocycles. The molecule has 0 amide bonds. The summed E-state index contributed by atoms with van der Waals surface area (Å²) in [4.78, 5) is 18.9. The number of fused-ring (bicyclic) bond motifs is 1. The van der Waals surface area contributed by atoms with E-state index >= 15 is 0 Å². The van der Waals surface area contributed by atoms with Gasteiger partial charge in [-0.3, -0.25) is 9.67 Å². The fourth-order valence-electron chi connectivity index (χ4n) is 2.92. The third-order valence-corrected chi connectivity index (χ3v) is 4.17. The van der Waals surface area contributed by atoms with Gasteiger partial charge in [-0.1, -0.05) is 0 Å². The summed E-state index contributed by atoms with van der Waals surface area (Å²) >= 11 is 0. The number of nitrogens with zero attached hydrogens (tertiary/aromatic N) is 7. The Morgan fingerprint density at radius 3 is 2.88 bits per heavy atom. The smallest absolute Gasteiger partial charge is 0.223 e. The molecular formula is C16H20N10. The number of nitrogens with two attached hydrogens (primary N) is 1. The molecule has 10 nitrogen and oxygen atoms in total. The van der Waals surface area contributed by atoms with Gasteiger partial charge in [0.2, 0.25) is 5.95 Å². The maximum absolute atomic E-state index is 5.81. The molecule has 4 N–H and O–H groups in total. The number of aromatic nitrogens is 6. The van der Waals surface area contributed by atoms with E-state index in [1.54, 1.807) is 18.6 Å². The van der Waals surface area contributed by atoms with Crippen molar-refractivity contribution in [3.05, 3.63) is 42.1 Å². The van der Waals surface area contributed by atoms with Gasteiger partial charge < -0.3 is 21.3 Å². The van der Waals surface area contributed by atoms with Crippen molar-refractivity contribution in [3.8, 4) is 0 Å². The summed E-state index contributed by atoms with van der Waals surface area (Å²) in [7, 11) is 1.81. The second kappa shape index (κ2) is 6.82. The van der Waals surface area contributed by atoms with Crippen molar-refractivity contribution in [1.82, 2.24) is 29.7 Å². The third-order valence-electron chi connectivity index (χ3n) is 4.17. The zero-order chi connectivity index (χ0) is 17.9. The Balaban J connectivity index is 1.47. The van der Waals surface area contributed by atoms with Crippen LogP contribution in [0.5, 0.6) is 0 Å². The Morgan fingerprint density at radius 1 is 1.15 bits per heavy atom. The summed E-state index contributed by atoms with van der Waals surface area (Å²) in [5.41, 5.74) is 7.91. The van der Waals surface area contributed by atoms with Crippen molar-refractivity contribution in [2.75, 3.05) is 34.9 Å². The highest BCUT2D eigenvalue weighted by Crippen LogP contribution is 2.22. The van der Waals surface area contributed by atoms with Crippen molar-refractivity contribution >= 4 is 23.4 Å². The lowest BCUT2D eigenvalue weighted by atomic mass is 10.2. The zero-order valence-corrected chi connectivity index (χ0v) is 14.4. The van der Waals surface area contributed by atoms with Crippen LogP contribution >= 0.6 is 0 Å². The summed E-state index contributed by atoms with van der Waals surface area (Å²) in [5, 5.41) is 10.9. The van der Waals surface area contributed by atoms with E-state index in [2.05, 4.69) is 46.6 Å². The van der Waals surface area contributed by atoms with Crippen LogP contribution in [0.3, 0.4) is 0 Å². The van der Waals surface area contributed by atoms with Crippen molar-refractivity contribution in [1.29, 1.82) is 0 Å². The first-order valence-electron chi connectivity index (χ1n) is 8.34. The summed E-state index contributed by atoms with van der Waals surface area (Å²) in [6.45, 7) is 2.92. The molecule has 3 aromatic rings. The Kier molecular flexibility index (Phi) is 4.22. The van der Waals surface area contributed by atoms with E-state index in [1.807, 2.05) is 17.8 Å². The van der Waals surface area contributed by atoms with Crippen LogP contribution in [0.25, 0.3) is 0 Å². The molecule has 4 rings (SSSR count). The monoisotopic (exact) mass is 352 g/mol. The predicted octanol–water partition coefficient (Wildman–Crippen LogP) is 0.719. The van der Waals surface area contributed by atoms with Crippen molar-refractivity contribution in [3.63, 3.8) is 0 Å². The standard InChI is InChI=1S/C16H20N10/c1-18-13-7-15(23-16(17)22-13)25-4-5-26-12(10-25)6-11(24-26)8-21-14-9-19-2-3-20-14/h2-3,6-7,9H,4-5,8,10H2,1H3,(H,20,21)(H3,17,18,22,23). The molecule has 0 unspecified atom stereocenters. The van der Waals surface area contributed by atoms with Gasteiger partial charge in [0.25, 0.3) is 0 Å². The fraction of sp³-hybridized carbons (Fsp3) is 0.312. The van der Waals surface area contributed by atoms with Crippen LogP contribution < -0.4 is 21.3 Å². The van der Waals surface area contributed by atoms with Crippen LogP contribution in [0, 0.1) is 0 Å². The second-order valence-corrected chi connectivity index (χ2v) is 5.94. The number of nitrogens with one attached hydrogen (secondary N) is 2. The molecule has 0 radical (unpaired) electrons. The van der Waals surface area contributed by atoms with Crippen LogP contribution in [-0.2, 0) is 19.6 Å². The number of rotatable bonds is 5. The molecule has 1 aliphatic heterocycles. The highest BCUT2D eigenvalue weighted by atomic mass is 15.4. The predicted molar refractivity (Wildman–Crippen MR) is 98.6 cm³/mol. The van der Waals surface area contributed by atoms with Crippen LogP contribution in [0.4, 0.5) is 23.4 Å². The molecule has 0 aromatic carbocycles. The van der Waals surface area contributed by atoms with Gasteiger partial charge in [-0.25, -0.2) is 4.98 Å². The van der Waals surface area contributed by atoms with Crippen molar-refractivity contribution < 1.29 is 0 Å². The molecule has 134 valence electrons. The summed E-state index contributed by atoms with van der Waals surface area (Å²) in [6, 6.07) is 4.00. The molecule has 0 bridgehead atoms. The van der Waals surface area contributed by atoms with E-state index in [9.17, 15) is 0 Å². The van der Waals surface area contributed by atoms with E-state index in [0.29, 0.717) is 12.4 Å². The van der Waals surface area contributed by atoms with Gasteiger partial charge in [-0.05, 0) is 6.07 Å². The van der Waals surface area contributed by atoms with Crippen LogP contribution in [0.15, 0.2) is 30.7 Å². The van der Waals surface area contributed by atoms with E-state index in [1.165, 1.54) is 0 Å². The molecule has 0 atom stereocenters. The minimum atomic E-state index is 0.264. The van der Waals surface area contributed by atoms with Crippen LogP contribution in [0.2, 0.25) is 0 Å². The second-order valence-electron chi connectivity index (χ2n) is 5.94. The average molecular weight is 352 g/mol. The summed E-state index contributed by atoms with van der Waals surface area (Å²) < 4.78 is 2.04. The van der Waals surface area contributed by atoms with Crippen molar-refractivity contribution in [2.24, 2.45) is 0 Å². The van der Waals surface area contributed by atoms with Gasteiger partial charge in [-0.2, -0.15) is 15.1 Å². The Hall–Kier alpha value is -3.43. The average Bonchev–Trinajstić information content (AvgIpc) is 3.08. The number of hydrogen-bond acceptors (Lipinski definition) is 9. The minimum Gasteiger partial charge on any atom is -0.373 e. The molecule has 0 fully saturated rings. The first kappa shape index (κ1) is 16.1. The number of anilines is 4. The van der Waals surface area contributed by atoms with Gasteiger partial charge in [0, 0.05) is 32.1 Å². The summed E-state index contributed by atoms with van der Waals surface area (Å²) in [6.07, 6.45) is 5.00. The molecule has 0 saturated heterocycles. The van der Waals surface area contributed by atoms with Gasteiger partial charge >= 0.3 is 0 Å². The highest BCUT2D eigenvalue weighted by Gasteiger charge is 2.20. The first-order valence-corrected chi connectivity index (χ1v) is 8.34. The Labute approximate surface area is 150 Å². The van der Waals surface area contributed by atoms with E-state index in [0.717, 1.165) is 42.7 Å². The maximum atomic E-state index is 5.81. The lowest BCUT2D eigenvalue weighted by Crippen LogP contribution is -2.34. The molecule has 0 saturated carbocycles. The van der Waals surface area contributed by atoms with Gasteiger partial charge in [0.15, 0.2) is 0 Å². The third kappa shape index (κ3) is 3.34. The van der Waals surface area contributed by atoms with E-state index in [4.69, 9.17) is 5.73 Å². The topological polar surface area (TPSA) is 123 Å². The molecule has 10 heteroatoms. The largest absolute Gasteiger partial charge is 0.373 e. The molecule has 4 heterocycles. The lowest BCUT2D eigenvalue weighted by Gasteiger charge is -2.28. The van der Waals surface area contributed by atoms with Gasteiger partial charge in [0.1, 0.15) is 17.5 Å². The van der Waals surface area contributed by atoms with Crippen LogP contribution in [-0.4, -0.2) is 43.3 Å². The van der Waals surface area contributed by atoms with Gasteiger partial charge in [0.05, 0.1) is 37.2 Å². The minimum absolute atomic E-state index is 0.264. The summed E-state index contributed by atoms with van der Waals surface area (Å²) in [5.74, 6) is 2.52. The molecule has 0 spiro atoms. The van der Waals surface area contributed by atoms with Crippen LogP contribution in [0.1, 0.15) is 11.4 Å². The van der Waals surface area contributed by atoms with E-state index < -0.39 is 0 Å². The quantitative estimate of drug-likeness (QED) is 0.609. The maximum Gasteiger partial charge on any atom is 0.223 e. The molecule has 1 aliphatic rings. The van der Waals surface area contributed by atoms with Crippen molar-refractivity contribution in [2.45, 2.75) is 19.6 Å². The first-order chi connectivity index (χ1) is 12.7. The fourth-order valence-corrected chi connectivity index (χ4v) is 2.92. The molecule has 26 heavy (non-hydrogen) atoms. The SMILES string of the molecule is CNc1cc(N2CCn3nc(CNc4cnccn4)cc3C2)nc(N)n1. The van der Waals surface area contributed by atoms with Gasteiger partial charge in [-0.15, -0.1) is 0 Å². The Bertz CT molecular complexity index is 891. The highest BCUT2D eigenvalue weighted by molar-refractivity contribution is 5.52. The number of hydrogen-bond donors (Lipinski definition) is 3. The molecular weight excluding hydrogens is 332 g/mol. The Morgan fingerprint density at radius 2 is 2.08 bits per heavy atom. The molecule has 3 aromatic heterocycles. The lowest BCUT2D eigenvalue weighted by molar-refractivity contribution is 0.514. The zero-order valence-electron chi connectivity index (χ0n) is 14.4. The van der Waals surface area contributed by atoms with E-state index in [-0.39, 0.29) is 5.95 Å².